The molecule has 0 fully saturated rings. The lowest BCUT2D eigenvalue weighted by Gasteiger charge is -2.34. The van der Waals surface area contributed by atoms with Gasteiger partial charge in [-0.25, -0.2) is 0 Å². The van der Waals surface area contributed by atoms with Gasteiger partial charge in [0.1, 0.15) is 5.76 Å². The molecular weight excluding hydrogens is 268 g/mol. The van der Waals surface area contributed by atoms with Crippen LogP contribution in [0.2, 0.25) is 19.6 Å². The zero-order chi connectivity index (χ0) is 15.8. The summed E-state index contributed by atoms with van der Waals surface area (Å²) >= 11 is 0. The highest BCUT2D eigenvalue weighted by Gasteiger charge is 2.30. The molecule has 0 aromatic rings. The molecule has 0 amide bonds. The summed E-state index contributed by atoms with van der Waals surface area (Å²) in [7, 11) is -1.65. The predicted molar refractivity (Wildman–Crippen MR) is 85.6 cm³/mol. The van der Waals surface area contributed by atoms with Crippen molar-refractivity contribution in [2.45, 2.75) is 59.5 Å². The Morgan fingerprint density at radius 3 is 2.30 bits per heavy atom. The summed E-state index contributed by atoms with van der Waals surface area (Å²) in [6, 6.07) is 0. The Balaban J connectivity index is 3.16. The molecule has 20 heavy (non-hydrogen) atoms. The normalized spacial score (nSPS) is 20.4. The van der Waals surface area contributed by atoms with E-state index in [2.05, 4.69) is 39.6 Å². The topological polar surface area (TPSA) is 49.7 Å². The van der Waals surface area contributed by atoms with Crippen LogP contribution in [0.3, 0.4) is 0 Å². The van der Waals surface area contributed by atoms with Gasteiger partial charge in [0.15, 0.2) is 5.79 Å². The second kappa shape index (κ2) is 5.51. The largest absolute Gasteiger partial charge is 0.544 e. The van der Waals surface area contributed by atoms with Crippen molar-refractivity contribution in [1.29, 1.82) is 0 Å². The van der Waals surface area contributed by atoms with E-state index >= 15 is 0 Å². The van der Waals surface area contributed by atoms with E-state index < -0.39 is 14.1 Å². The van der Waals surface area contributed by atoms with Crippen LogP contribution in [0.5, 0.6) is 0 Å². The molecule has 1 rings (SSSR count). The van der Waals surface area contributed by atoms with Gasteiger partial charge in [-0.1, -0.05) is 19.9 Å². The molecule has 0 bridgehead atoms. The summed E-state index contributed by atoms with van der Waals surface area (Å²) in [5.74, 6) is -0.842. The minimum absolute atomic E-state index is 0.0296. The molecule has 0 atom stereocenters. The number of rotatable bonds is 4. The van der Waals surface area contributed by atoms with E-state index in [0.717, 1.165) is 23.3 Å². The van der Waals surface area contributed by atoms with Crippen LogP contribution in [0.15, 0.2) is 35.1 Å². The molecule has 0 unspecified atom stereocenters. The Kier molecular flexibility index (Phi) is 4.74. The van der Waals surface area contributed by atoms with E-state index in [4.69, 9.17) is 4.43 Å². The Bertz CT molecular complexity index is 457. The van der Waals surface area contributed by atoms with Gasteiger partial charge >= 0.3 is 0 Å². The maximum absolute atomic E-state index is 9.46. The number of allylic oxidation sites excluding steroid dienone is 4. The van der Waals surface area contributed by atoms with E-state index in [1.807, 2.05) is 13.0 Å². The highest BCUT2D eigenvalue weighted by Crippen LogP contribution is 2.41. The van der Waals surface area contributed by atoms with E-state index in [1.165, 1.54) is 13.0 Å². The summed E-state index contributed by atoms with van der Waals surface area (Å²) in [6.45, 7) is 14.2. The van der Waals surface area contributed by atoms with Crippen LogP contribution >= 0.6 is 0 Å². The van der Waals surface area contributed by atoms with Gasteiger partial charge in [-0.3, -0.25) is 0 Å². The van der Waals surface area contributed by atoms with E-state index in [-0.39, 0.29) is 5.41 Å². The first-order valence-corrected chi connectivity index (χ1v) is 10.5. The summed E-state index contributed by atoms with van der Waals surface area (Å²) in [4.78, 5) is 0. The van der Waals surface area contributed by atoms with Crippen molar-refractivity contribution in [2.24, 2.45) is 5.41 Å². The summed E-state index contributed by atoms with van der Waals surface area (Å²) in [5, 5.41) is 18.9. The SMILES string of the molecule is CC1=C(/C=C/C(C)(O)O)C(C)(C)CC=C1O[Si](C)(C)C. The van der Waals surface area contributed by atoms with Crippen molar-refractivity contribution < 1.29 is 14.6 Å². The summed E-state index contributed by atoms with van der Waals surface area (Å²) < 4.78 is 6.13. The lowest BCUT2D eigenvalue weighted by atomic mass is 9.75. The zero-order valence-electron chi connectivity index (χ0n) is 13.7. The number of hydrogen-bond acceptors (Lipinski definition) is 3. The lowest BCUT2D eigenvalue weighted by Crippen LogP contribution is -2.28. The molecule has 0 saturated carbocycles. The molecule has 0 saturated heterocycles. The van der Waals surface area contributed by atoms with Gasteiger partial charge in [0, 0.05) is 0 Å². The van der Waals surface area contributed by atoms with Crippen molar-refractivity contribution in [3.8, 4) is 0 Å². The van der Waals surface area contributed by atoms with E-state index in [9.17, 15) is 10.2 Å². The third-order valence-corrected chi connectivity index (χ3v) is 4.11. The Hall–Kier alpha value is -0.843. The second-order valence-corrected chi connectivity index (χ2v) is 11.8. The van der Waals surface area contributed by atoms with Crippen LogP contribution < -0.4 is 0 Å². The maximum Gasteiger partial charge on any atom is 0.242 e. The van der Waals surface area contributed by atoms with Crippen molar-refractivity contribution in [2.75, 3.05) is 0 Å². The fourth-order valence-corrected chi connectivity index (χ4v) is 3.19. The zero-order valence-corrected chi connectivity index (χ0v) is 14.7. The molecule has 0 aromatic heterocycles. The van der Waals surface area contributed by atoms with Crippen LogP contribution in [-0.2, 0) is 4.43 Å². The first kappa shape index (κ1) is 17.2. The Morgan fingerprint density at radius 1 is 1.30 bits per heavy atom. The van der Waals surface area contributed by atoms with E-state index in [0.29, 0.717) is 0 Å². The van der Waals surface area contributed by atoms with Crippen molar-refractivity contribution in [1.82, 2.24) is 0 Å². The van der Waals surface area contributed by atoms with Crippen LogP contribution in [0, 0.1) is 5.41 Å². The average molecular weight is 296 g/mol. The predicted octanol–water partition coefficient (Wildman–Crippen LogP) is 3.73. The van der Waals surface area contributed by atoms with Gasteiger partial charge in [-0.05, 0) is 68.6 Å². The van der Waals surface area contributed by atoms with Gasteiger partial charge in [-0.15, -0.1) is 0 Å². The molecule has 0 radical (unpaired) electrons. The molecule has 0 aliphatic heterocycles. The van der Waals surface area contributed by atoms with Gasteiger partial charge in [0.05, 0.1) is 0 Å². The molecule has 114 valence electrons. The monoisotopic (exact) mass is 296 g/mol. The highest BCUT2D eigenvalue weighted by molar-refractivity contribution is 6.70. The van der Waals surface area contributed by atoms with Crippen molar-refractivity contribution >= 4 is 8.32 Å². The van der Waals surface area contributed by atoms with Gasteiger partial charge < -0.3 is 14.6 Å². The molecule has 1 aliphatic carbocycles. The first-order chi connectivity index (χ1) is 8.82. The molecular formula is C16H28O3Si. The van der Waals surface area contributed by atoms with Crippen LogP contribution in [0.4, 0.5) is 0 Å². The third kappa shape index (κ3) is 4.92. The molecule has 0 spiro atoms. The molecule has 4 heteroatoms. The molecule has 3 nitrogen and oxygen atoms in total. The van der Waals surface area contributed by atoms with E-state index in [1.54, 1.807) is 0 Å². The standard InChI is InChI=1S/C16H28O3Si/c1-12-13(8-11-16(4,17)18)15(2,3)10-9-14(12)19-20(5,6)7/h8-9,11,17-18H,10H2,1-7H3/b11-8+. The van der Waals surface area contributed by atoms with Crippen LogP contribution in [-0.4, -0.2) is 24.3 Å². The van der Waals surface area contributed by atoms with Crippen molar-refractivity contribution in [3.63, 3.8) is 0 Å². The van der Waals surface area contributed by atoms with Crippen molar-refractivity contribution in [3.05, 3.63) is 35.1 Å². The molecule has 0 heterocycles. The quantitative estimate of drug-likeness (QED) is 0.614. The van der Waals surface area contributed by atoms with Gasteiger partial charge in [0.25, 0.3) is 0 Å². The fourth-order valence-electron chi connectivity index (χ4n) is 2.29. The van der Waals surface area contributed by atoms with Gasteiger partial charge in [-0.2, -0.15) is 0 Å². The third-order valence-electron chi connectivity index (χ3n) is 3.28. The Morgan fingerprint density at radius 2 is 1.85 bits per heavy atom. The maximum atomic E-state index is 9.46. The van der Waals surface area contributed by atoms with Crippen LogP contribution in [0.1, 0.15) is 34.1 Å². The average Bonchev–Trinajstić information content (AvgIpc) is 2.19. The highest BCUT2D eigenvalue weighted by atomic mass is 28.4. The fraction of sp³-hybridized carbons (Fsp3) is 0.625. The second-order valence-electron chi connectivity index (χ2n) is 7.34. The van der Waals surface area contributed by atoms with Gasteiger partial charge in [0.2, 0.25) is 8.32 Å². The number of hydrogen-bond donors (Lipinski definition) is 2. The lowest BCUT2D eigenvalue weighted by molar-refractivity contribution is -0.101. The smallest absolute Gasteiger partial charge is 0.242 e. The minimum atomic E-state index is -1.79. The Labute approximate surface area is 123 Å². The first-order valence-electron chi connectivity index (χ1n) is 7.07. The minimum Gasteiger partial charge on any atom is -0.544 e. The summed E-state index contributed by atoms with van der Waals surface area (Å²) in [6.07, 6.45) is 6.28. The molecule has 2 N–H and O–H groups in total. The number of aliphatic hydroxyl groups is 2. The molecule has 0 aromatic carbocycles. The van der Waals surface area contributed by atoms with Crippen LogP contribution in [0.25, 0.3) is 0 Å². The summed E-state index contributed by atoms with van der Waals surface area (Å²) in [5.41, 5.74) is 2.16. The molecule has 1 aliphatic rings.